The van der Waals surface area contributed by atoms with Crippen molar-refractivity contribution in [3.8, 4) is 5.75 Å². The molecular formula is C18H20FNO2. The van der Waals surface area contributed by atoms with Crippen LogP contribution in [0.3, 0.4) is 0 Å². The molecule has 3 nitrogen and oxygen atoms in total. The third-order valence-electron chi connectivity index (χ3n) is 3.13. The molecule has 1 aromatic carbocycles. The minimum atomic E-state index is -0.808. The van der Waals surface area contributed by atoms with E-state index < -0.39 is 11.5 Å². The first-order chi connectivity index (χ1) is 10.4. The monoisotopic (exact) mass is 301 g/mol. The number of rotatable bonds is 4. The average Bonchev–Trinajstić information content (AvgIpc) is 2.48. The van der Waals surface area contributed by atoms with Gasteiger partial charge in [0.1, 0.15) is 23.4 Å². The van der Waals surface area contributed by atoms with Gasteiger partial charge in [0.15, 0.2) is 0 Å². The van der Waals surface area contributed by atoms with Gasteiger partial charge < -0.3 is 9.84 Å². The second-order valence-corrected chi connectivity index (χ2v) is 6.16. The maximum atomic E-state index is 13.0. The Hall–Kier alpha value is -2.20. The lowest BCUT2D eigenvalue weighted by molar-refractivity contribution is 0.0641. The Morgan fingerprint density at radius 2 is 1.91 bits per heavy atom. The maximum Gasteiger partial charge on any atom is 0.134 e. The highest BCUT2D eigenvalue weighted by atomic mass is 19.1. The lowest BCUT2D eigenvalue weighted by Gasteiger charge is -2.28. The number of pyridine rings is 1. The van der Waals surface area contributed by atoms with Crippen LogP contribution in [0.4, 0.5) is 4.39 Å². The zero-order chi connectivity index (χ0) is 16.2. The minimum absolute atomic E-state index is 0.332. The number of halogens is 1. The number of aromatic nitrogens is 1. The molecule has 1 atom stereocenters. The van der Waals surface area contributed by atoms with Gasteiger partial charge in [-0.15, -0.1) is 0 Å². The average molecular weight is 301 g/mol. The SMILES string of the molecule is CC(C)(C)C(O)C(=Cc1cccnc1)Oc1ccc(F)cc1. The topological polar surface area (TPSA) is 42.4 Å². The summed E-state index contributed by atoms with van der Waals surface area (Å²) < 4.78 is 18.8. The van der Waals surface area contributed by atoms with Gasteiger partial charge in [0, 0.05) is 12.4 Å². The molecule has 1 heterocycles. The molecule has 0 spiro atoms. The number of aliphatic hydroxyl groups is 1. The van der Waals surface area contributed by atoms with Crippen molar-refractivity contribution >= 4 is 6.08 Å². The predicted molar refractivity (Wildman–Crippen MR) is 84.7 cm³/mol. The molecule has 1 aromatic heterocycles. The summed E-state index contributed by atoms with van der Waals surface area (Å²) in [5, 5.41) is 10.5. The van der Waals surface area contributed by atoms with Crippen LogP contribution >= 0.6 is 0 Å². The van der Waals surface area contributed by atoms with Crippen molar-refractivity contribution in [2.75, 3.05) is 0 Å². The second-order valence-electron chi connectivity index (χ2n) is 6.16. The molecule has 1 unspecified atom stereocenters. The zero-order valence-electron chi connectivity index (χ0n) is 13.0. The van der Waals surface area contributed by atoms with Crippen molar-refractivity contribution in [3.05, 3.63) is 65.9 Å². The van der Waals surface area contributed by atoms with Gasteiger partial charge in [-0.25, -0.2) is 4.39 Å². The molecule has 116 valence electrons. The van der Waals surface area contributed by atoms with Crippen molar-refractivity contribution in [1.29, 1.82) is 0 Å². The molecule has 0 saturated carbocycles. The van der Waals surface area contributed by atoms with Gasteiger partial charge in [-0.1, -0.05) is 26.8 Å². The number of ether oxygens (including phenoxy) is 1. The molecule has 1 N–H and O–H groups in total. The molecule has 2 rings (SSSR count). The fraction of sp³-hybridized carbons (Fsp3) is 0.278. The van der Waals surface area contributed by atoms with Gasteiger partial charge >= 0.3 is 0 Å². The van der Waals surface area contributed by atoms with Crippen LogP contribution in [0.2, 0.25) is 0 Å². The van der Waals surface area contributed by atoms with Crippen molar-refractivity contribution in [2.24, 2.45) is 5.41 Å². The Labute approximate surface area is 130 Å². The molecule has 0 bridgehead atoms. The molecule has 4 heteroatoms. The van der Waals surface area contributed by atoms with E-state index in [1.54, 1.807) is 18.5 Å². The van der Waals surface area contributed by atoms with Crippen molar-refractivity contribution in [3.63, 3.8) is 0 Å². The van der Waals surface area contributed by atoms with Gasteiger partial charge in [0.25, 0.3) is 0 Å². The highest BCUT2D eigenvalue weighted by molar-refractivity contribution is 5.52. The molecule has 0 radical (unpaired) electrons. The first-order valence-electron chi connectivity index (χ1n) is 7.09. The zero-order valence-corrected chi connectivity index (χ0v) is 13.0. The predicted octanol–water partition coefficient (Wildman–Crippen LogP) is 4.05. The highest BCUT2D eigenvalue weighted by Crippen LogP contribution is 2.28. The molecule has 0 aliphatic carbocycles. The van der Waals surface area contributed by atoms with E-state index in [-0.39, 0.29) is 5.82 Å². The van der Waals surface area contributed by atoms with Gasteiger partial charge in [-0.05, 0) is 47.4 Å². The Kier molecular flexibility index (Phi) is 4.93. The summed E-state index contributed by atoms with van der Waals surface area (Å²) in [4.78, 5) is 4.05. The van der Waals surface area contributed by atoms with Gasteiger partial charge in [-0.3, -0.25) is 4.98 Å². The van der Waals surface area contributed by atoms with E-state index in [0.717, 1.165) is 5.56 Å². The lowest BCUT2D eigenvalue weighted by atomic mass is 9.87. The summed E-state index contributed by atoms with van der Waals surface area (Å²) in [6, 6.07) is 9.38. The van der Waals surface area contributed by atoms with Crippen molar-refractivity contribution < 1.29 is 14.2 Å². The van der Waals surface area contributed by atoms with Crippen LogP contribution in [-0.4, -0.2) is 16.2 Å². The van der Waals surface area contributed by atoms with Crippen molar-refractivity contribution in [2.45, 2.75) is 26.9 Å². The van der Waals surface area contributed by atoms with E-state index in [2.05, 4.69) is 4.98 Å². The summed E-state index contributed by atoms with van der Waals surface area (Å²) in [6.07, 6.45) is 4.30. The van der Waals surface area contributed by atoms with E-state index in [0.29, 0.717) is 11.5 Å². The number of aliphatic hydroxyl groups excluding tert-OH is 1. The van der Waals surface area contributed by atoms with E-state index in [1.807, 2.05) is 32.9 Å². The summed E-state index contributed by atoms with van der Waals surface area (Å²) in [5.41, 5.74) is 0.427. The van der Waals surface area contributed by atoms with Gasteiger partial charge in [-0.2, -0.15) is 0 Å². The van der Waals surface area contributed by atoms with Gasteiger partial charge in [0.05, 0.1) is 0 Å². The van der Waals surface area contributed by atoms with Crippen LogP contribution in [0, 0.1) is 11.2 Å². The molecule has 2 aromatic rings. The molecular weight excluding hydrogens is 281 g/mol. The normalized spacial score (nSPS) is 13.8. The number of hydrogen-bond acceptors (Lipinski definition) is 3. The number of nitrogens with zero attached hydrogens (tertiary/aromatic N) is 1. The molecule has 0 aliphatic rings. The van der Waals surface area contributed by atoms with E-state index in [9.17, 15) is 9.50 Å². The molecule has 22 heavy (non-hydrogen) atoms. The van der Waals surface area contributed by atoms with Crippen LogP contribution in [0.1, 0.15) is 26.3 Å². The van der Waals surface area contributed by atoms with E-state index >= 15 is 0 Å². The largest absolute Gasteiger partial charge is 0.459 e. The summed E-state index contributed by atoms with van der Waals surface area (Å²) in [7, 11) is 0. The first kappa shape index (κ1) is 16.2. The molecule has 0 aliphatic heterocycles. The number of benzene rings is 1. The highest BCUT2D eigenvalue weighted by Gasteiger charge is 2.27. The van der Waals surface area contributed by atoms with Crippen LogP contribution in [0.5, 0.6) is 5.75 Å². The Morgan fingerprint density at radius 1 is 1.23 bits per heavy atom. The first-order valence-corrected chi connectivity index (χ1v) is 7.09. The summed E-state index contributed by atoms with van der Waals surface area (Å²) >= 11 is 0. The quantitative estimate of drug-likeness (QED) is 0.866. The van der Waals surface area contributed by atoms with Crippen LogP contribution < -0.4 is 4.74 Å². The van der Waals surface area contributed by atoms with Crippen molar-refractivity contribution in [1.82, 2.24) is 4.98 Å². The smallest absolute Gasteiger partial charge is 0.134 e. The van der Waals surface area contributed by atoms with Crippen LogP contribution in [-0.2, 0) is 0 Å². The Morgan fingerprint density at radius 3 is 2.45 bits per heavy atom. The Balaban J connectivity index is 2.33. The second kappa shape index (κ2) is 6.71. The number of hydrogen-bond donors (Lipinski definition) is 1. The van der Waals surface area contributed by atoms with E-state index in [4.69, 9.17) is 4.74 Å². The third kappa shape index (κ3) is 4.40. The van der Waals surface area contributed by atoms with Crippen LogP contribution in [0.25, 0.3) is 6.08 Å². The summed E-state index contributed by atoms with van der Waals surface area (Å²) in [6.45, 7) is 5.76. The summed E-state index contributed by atoms with van der Waals surface area (Å²) in [5.74, 6) is 0.536. The third-order valence-corrected chi connectivity index (χ3v) is 3.13. The molecule has 0 amide bonds. The Bertz CT molecular complexity index is 630. The fourth-order valence-corrected chi connectivity index (χ4v) is 1.86. The van der Waals surface area contributed by atoms with Gasteiger partial charge in [0.2, 0.25) is 0 Å². The van der Waals surface area contributed by atoms with Crippen LogP contribution in [0.15, 0.2) is 54.6 Å². The lowest BCUT2D eigenvalue weighted by Crippen LogP contribution is -2.30. The minimum Gasteiger partial charge on any atom is -0.459 e. The maximum absolute atomic E-state index is 13.0. The molecule has 0 saturated heterocycles. The van der Waals surface area contributed by atoms with E-state index in [1.165, 1.54) is 24.3 Å². The standard InChI is InChI=1S/C18H20FNO2/c1-18(2,3)17(21)16(11-13-5-4-10-20-12-13)22-15-8-6-14(19)7-9-15/h4-12,17,21H,1-3H3. The fourth-order valence-electron chi connectivity index (χ4n) is 1.86. The molecule has 0 fully saturated rings.